The van der Waals surface area contributed by atoms with E-state index in [1.54, 1.807) is 38.1 Å². The number of hydrogen-bond donors (Lipinski definition) is 1. The fourth-order valence-electron chi connectivity index (χ4n) is 1.64. The zero-order valence-electron chi connectivity index (χ0n) is 12.2. The lowest BCUT2D eigenvalue weighted by Gasteiger charge is -2.10. The molecule has 0 aromatic heterocycles. The third-order valence-corrected chi connectivity index (χ3v) is 2.56. The molecule has 21 heavy (non-hydrogen) atoms. The van der Waals surface area contributed by atoms with Crippen LogP contribution in [0.3, 0.4) is 0 Å². The van der Waals surface area contributed by atoms with Crippen LogP contribution in [-0.2, 0) is 19.1 Å². The van der Waals surface area contributed by atoms with Crippen molar-refractivity contribution in [3.8, 4) is 0 Å². The van der Waals surface area contributed by atoms with Crippen LogP contribution in [-0.4, -0.2) is 31.1 Å². The lowest BCUT2D eigenvalue weighted by molar-refractivity contribution is -0.144. The molecule has 0 spiro atoms. The lowest BCUT2D eigenvalue weighted by atomic mass is 10.1. The number of rotatable bonds is 7. The molecule has 0 atom stereocenters. The van der Waals surface area contributed by atoms with Crippen LogP contribution in [0.1, 0.15) is 37.0 Å². The van der Waals surface area contributed by atoms with Crippen molar-refractivity contribution in [3.63, 3.8) is 0 Å². The number of carbonyl (C=O) groups excluding carboxylic acids is 3. The SMILES string of the molecule is CCOC(=O)CCC(=O)Nc1ccccc1C(=O)OCC. The predicted octanol–water partition coefficient (Wildman–Crippen LogP) is 2.15. The second-order valence-electron chi connectivity index (χ2n) is 4.12. The summed E-state index contributed by atoms with van der Waals surface area (Å²) in [6, 6.07) is 6.55. The fraction of sp³-hybridized carbons (Fsp3) is 0.400. The third-order valence-electron chi connectivity index (χ3n) is 2.56. The molecule has 1 N–H and O–H groups in total. The van der Waals surface area contributed by atoms with Crippen LogP contribution in [0.15, 0.2) is 24.3 Å². The standard InChI is InChI=1S/C15H19NO5/c1-3-20-14(18)10-9-13(17)16-12-8-6-5-7-11(12)15(19)21-4-2/h5-8H,3-4,9-10H2,1-2H3,(H,16,17). The van der Waals surface area contributed by atoms with Crippen molar-refractivity contribution in [1.29, 1.82) is 0 Å². The van der Waals surface area contributed by atoms with Crippen molar-refractivity contribution < 1.29 is 23.9 Å². The Morgan fingerprint density at radius 3 is 2.33 bits per heavy atom. The highest BCUT2D eigenvalue weighted by atomic mass is 16.5. The fourth-order valence-corrected chi connectivity index (χ4v) is 1.64. The van der Waals surface area contributed by atoms with E-state index in [9.17, 15) is 14.4 Å². The van der Waals surface area contributed by atoms with E-state index in [2.05, 4.69) is 5.32 Å². The maximum atomic E-state index is 11.8. The van der Waals surface area contributed by atoms with Gasteiger partial charge in [0.25, 0.3) is 0 Å². The Balaban J connectivity index is 2.64. The average Bonchev–Trinajstić information content (AvgIpc) is 2.46. The summed E-state index contributed by atoms with van der Waals surface area (Å²) in [5.41, 5.74) is 0.647. The van der Waals surface area contributed by atoms with Crippen molar-refractivity contribution >= 4 is 23.5 Å². The molecule has 6 nitrogen and oxygen atoms in total. The number of para-hydroxylation sites is 1. The number of hydrogen-bond acceptors (Lipinski definition) is 5. The number of carbonyl (C=O) groups is 3. The number of ether oxygens (including phenoxy) is 2. The summed E-state index contributed by atoms with van der Waals surface area (Å²) < 4.78 is 9.66. The van der Waals surface area contributed by atoms with Gasteiger partial charge in [0, 0.05) is 6.42 Å². The molecule has 0 saturated carbocycles. The molecule has 0 unspecified atom stereocenters. The van der Waals surface area contributed by atoms with Gasteiger partial charge >= 0.3 is 11.9 Å². The minimum Gasteiger partial charge on any atom is -0.466 e. The minimum absolute atomic E-state index is 0.00124. The van der Waals surface area contributed by atoms with Gasteiger partial charge in [0.1, 0.15) is 0 Å². The van der Waals surface area contributed by atoms with Gasteiger partial charge in [0.05, 0.1) is 30.9 Å². The molecule has 0 aliphatic rings. The van der Waals surface area contributed by atoms with Crippen LogP contribution in [0.25, 0.3) is 0 Å². The molecular weight excluding hydrogens is 274 g/mol. The Kier molecular flexibility index (Phi) is 6.94. The first-order valence-electron chi connectivity index (χ1n) is 6.80. The maximum absolute atomic E-state index is 11.8. The zero-order valence-corrected chi connectivity index (χ0v) is 12.2. The van der Waals surface area contributed by atoms with Crippen LogP contribution in [0.5, 0.6) is 0 Å². The van der Waals surface area contributed by atoms with Gasteiger partial charge in [0.15, 0.2) is 0 Å². The molecule has 0 saturated heterocycles. The van der Waals surface area contributed by atoms with E-state index >= 15 is 0 Å². The molecule has 6 heteroatoms. The third kappa shape index (κ3) is 5.64. The highest BCUT2D eigenvalue weighted by Crippen LogP contribution is 2.16. The van der Waals surface area contributed by atoms with E-state index in [1.807, 2.05) is 0 Å². The zero-order chi connectivity index (χ0) is 15.7. The maximum Gasteiger partial charge on any atom is 0.340 e. The van der Waals surface area contributed by atoms with E-state index in [0.29, 0.717) is 5.69 Å². The van der Waals surface area contributed by atoms with Crippen molar-refractivity contribution in [2.24, 2.45) is 0 Å². The summed E-state index contributed by atoms with van der Waals surface area (Å²) in [4.78, 5) is 34.7. The molecule has 1 amide bonds. The largest absolute Gasteiger partial charge is 0.466 e. The smallest absolute Gasteiger partial charge is 0.340 e. The Hall–Kier alpha value is -2.37. The number of amides is 1. The van der Waals surface area contributed by atoms with Gasteiger partial charge in [-0.2, -0.15) is 0 Å². The number of nitrogens with one attached hydrogen (secondary N) is 1. The summed E-state index contributed by atoms with van der Waals surface area (Å²) in [5.74, 6) is -1.29. The number of anilines is 1. The summed E-state index contributed by atoms with van der Waals surface area (Å²) in [6.07, 6.45) is -0.00274. The molecule has 0 aliphatic heterocycles. The molecular formula is C15H19NO5. The van der Waals surface area contributed by atoms with E-state index in [1.165, 1.54) is 0 Å². The molecule has 0 radical (unpaired) electrons. The Morgan fingerprint density at radius 1 is 1.00 bits per heavy atom. The van der Waals surface area contributed by atoms with Gasteiger partial charge < -0.3 is 14.8 Å². The molecule has 0 bridgehead atoms. The Bertz CT molecular complexity index is 513. The highest BCUT2D eigenvalue weighted by Gasteiger charge is 2.14. The van der Waals surface area contributed by atoms with E-state index in [4.69, 9.17) is 9.47 Å². The lowest BCUT2D eigenvalue weighted by Crippen LogP contribution is -2.17. The quantitative estimate of drug-likeness (QED) is 0.779. The normalized spacial score (nSPS) is 9.81. The Morgan fingerprint density at radius 2 is 1.67 bits per heavy atom. The first kappa shape index (κ1) is 16.7. The summed E-state index contributed by atoms with van der Waals surface area (Å²) in [6.45, 7) is 3.95. The van der Waals surface area contributed by atoms with Crippen molar-refractivity contribution in [3.05, 3.63) is 29.8 Å². The first-order valence-corrected chi connectivity index (χ1v) is 6.80. The van der Waals surface area contributed by atoms with Crippen LogP contribution >= 0.6 is 0 Å². The van der Waals surface area contributed by atoms with Gasteiger partial charge in [0.2, 0.25) is 5.91 Å². The van der Waals surface area contributed by atoms with E-state index in [-0.39, 0.29) is 37.5 Å². The van der Waals surface area contributed by atoms with Gasteiger partial charge in [-0.1, -0.05) is 12.1 Å². The summed E-state index contributed by atoms with van der Waals surface area (Å²) >= 11 is 0. The average molecular weight is 293 g/mol. The van der Waals surface area contributed by atoms with Crippen molar-refractivity contribution in [2.75, 3.05) is 18.5 Å². The molecule has 1 aromatic rings. The molecule has 114 valence electrons. The van der Waals surface area contributed by atoms with E-state index < -0.39 is 11.9 Å². The van der Waals surface area contributed by atoms with Gasteiger partial charge in [-0.3, -0.25) is 9.59 Å². The van der Waals surface area contributed by atoms with Gasteiger partial charge in [-0.05, 0) is 26.0 Å². The highest BCUT2D eigenvalue weighted by molar-refractivity contribution is 6.01. The minimum atomic E-state index is -0.501. The van der Waals surface area contributed by atoms with Crippen LogP contribution < -0.4 is 5.32 Å². The topological polar surface area (TPSA) is 81.7 Å². The monoisotopic (exact) mass is 293 g/mol. The molecule has 0 aliphatic carbocycles. The molecule has 0 fully saturated rings. The summed E-state index contributed by atoms with van der Waals surface area (Å²) in [5, 5.41) is 2.60. The molecule has 0 heterocycles. The molecule has 1 rings (SSSR count). The first-order chi connectivity index (χ1) is 10.1. The van der Waals surface area contributed by atoms with Gasteiger partial charge in [-0.15, -0.1) is 0 Å². The van der Waals surface area contributed by atoms with Crippen molar-refractivity contribution in [2.45, 2.75) is 26.7 Å². The predicted molar refractivity (Wildman–Crippen MR) is 76.9 cm³/mol. The van der Waals surface area contributed by atoms with Crippen LogP contribution in [0.4, 0.5) is 5.69 Å². The second kappa shape index (κ2) is 8.73. The second-order valence-corrected chi connectivity index (χ2v) is 4.12. The summed E-state index contributed by atoms with van der Waals surface area (Å²) in [7, 11) is 0. The van der Waals surface area contributed by atoms with Crippen molar-refractivity contribution in [1.82, 2.24) is 0 Å². The molecule has 1 aromatic carbocycles. The number of benzene rings is 1. The van der Waals surface area contributed by atoms with Gasteiger partial charge in [-0.25, -0.2) is 4.79 Å². The van der Waals surface area contributed by atoms with Crippen LogP contribution in [0, 0.1) is 0 Å². The van der Waals surface area contributed by atoms with E-state index in [0.717, 1.165) is 0 Å². The van der Waals surface area contributed by atoms with Crippen LogP contribution in [0.2, 0.25) is 0 Å². The Labute approximate surface area is 123 Å². The number of esters is 2.